The van der Waals surface area contributed by atoms with Crippen LogP contribution in [0.2, 0.25) is 0 Å². The first-order valence-corrected chi connectivity index (χ1v) is 12.6. The van der Waals surface area contributed by atoms with Gasteiger partial charge in [-0.3, -0.25) is 4.79 Å². The number of ketones is 1. The van der Waals surface area contributed by atoms with E-state index in [1.807, 2.05) is 0 Å². The minimum Gasteiger partial charge on any atom is -0.393 e. The van der Waals surface area contributed by atoms with Crippen LogP contribution in [0.25, 0.3) is 0 Å². The molecule has 4 aliphatic rings. The summed E-state index contributed by atoms with van der Waals surface area (Å²) in [5.41, 5.74) is 1.95. The zero-order valence-corrected chi connectivity index (χ0v) is 19.5. The van der Waals surface area contributed by atoms with Crippen molar-refractivity contribution in [3.05, 3.63) is 11.6 Å². The Morgan fingerprint density at radius 3 is 2.59 bits per heavy atom. The van der Waals surface area contributed by atoms with Crippen LogP contribution in [0.1, 0.15) is 98.8 Å². The van der Waals surface area contributed by atoms with Crippen LogP contribution >= 0.6 is 0 Å². The molecule has 2 nitrogen and oxygen atoms in total. The third kappa shape index (κ3) is 3.56. The lowest BCUT2D eigenvalue weighted by molar-refractivity contribution is -0.130. The first-order chi connectivity index (χ1) is 13.7. The first-order valence-electron chi connectivity index (χ1n) is 12.6. The van der Waals surface area contributed by atoms with Gasteiger partial charge in [-0.25, -0.2) is 0 Å². The Morgan fingerprint density at radius 2 is 1.86 bits per heavy atom. The number of Topliss-reactive ketones (excluding diaryl/α,β-unsaturated/α-hetero) is 1. The number of carbonyl (C=O) groups is 1. The molecular weight excluding hydrogens is 356 g/mol. The van der Waals surface area contributed by atoms with Gasteiger partial charge in [-0.1, -0.05) is 65.5 Å². The van der Waals surface area contributed by atoms with E-state index in [-0.39, 0.29) is 22.9 Å². The highest BCUT2D eigenvalue weighted by molar-refractivity contribution is 5.85. The van der Waals surface area contributed by atoms with E-state index in [0.717, 1.165) is 38.0 Å². The Balaban J connectivity index is 1.54. The molecule has 0 heterocycles. The van der Waals surface area contributed by atoms with E-state index in [0.29, 0.717) is 29.5 Å². The highest BCUT2D eigenvalue weighted by atomic mass is 16.3. The lowest BCUT2D eigenvalue weighted by atomic mass is 9.47. The average Bonchev–Trinajstić information content (AvgIpc) is 2.93. The van der Waals surface area contributed by atoms with E-state index in [1.165, 1.54) is 37.7 Å². The van der Waals surface area contributed by atoms with Crippen LogP contribution in [0.5, 0.6) is 0 Å². The topological polar surface area (TPSA) is 37.3 Å². The van der Waals surface area contributed by atoms with Gasteiger partial charge in [0.1, 0.15) is 5.78 Å². The van der Waals surface area contributed by atoms with Gasteiger partial charge < -0.3 is 5.11 Å². The van der Waals surface area contributed by atoms with Crippen LogP contribution in [0, 0.1) is 46.3 Å². The predicted molar refractivity (Wildman–Crippen MR) is 119 cm³/mol. The molecule has 8 atom stereocenters. The zero-order chi connectivity index (χ0) is 21.0. The van der Waals surface area contributed by atoms with Crippen molar-refractivity contribution in [3.63, 3.8) is 0 Å². The summed E-state index contributed by atoms with van der Waals surface area (Å²) in [6.45, 7) is 12.0. The largest absolute Gasteiger partial charge is 0.393 e. The van der Waals surface area contributed by atoms with Crippen molar-refractivity contribution < 1.29 is 9.90 Å². The van der Waals surface area contributed by atoms with Crippen LogP contribution in [0.4, 0.5) is 0 Å². The van der Waals surface area contributed by atoms with Gasteiger partial charge in [0.25, 0.3) is 0 Å². The molecule has 0 aromatic rings. The van der Waals surface area contributed by atoms with Gasteiger partial charge in [-0.2, -0.15) is 0 Å². The fraction of sp³-hybridized carbons (Fsp3) is 0.889. The van der Waals surface area contributed by atoms with Crippen molar-refractivity contribution in [2.24, 2.45) is 46.3 Å². The van der Waals surface area contributed by atoms with E-state index in [2.05, 4.69) is 40.7 Å². The molecule has 0 amide bonds. The van der Waals surface area contributed by atoms with Gasteiger partial charge in [0, 0.05) is 12.3 Å². The Kier molecular flexibility index (Phi) is 5.82. The molecule has 0 unspecified atom stereocenters. The molecule has 3 fully saturated rings. The maximum Gasteiger partial charge on any atom is 0.137 e. The molecular formula is C27H44O2. The van der Waals surface area contributed by atoms with E-state index in [4.69, 9.17) is 0 Å². The number of hydrogen-bond acceptors (Lipinski definition) is 2. The summed E-state index contributed by atoms with van der Waals surface area (Å²) in [5.74, 6) is 4.08. The fourth-order valence-electron chi connectivity index (χ4n) is 8.38. The predicted octanol–water partition coefficient (Wildman–Crippen LogP) is 6.57. The van der Waals surface area contributed by atoms with Crippen molar-refractivity contribution in [2.75, 3.05) is 0 Å². The second-order valence-corrected chi connectivity index (χ2v) is 12.2. The highest BCUT2D eigenvalue weighted by Crippen LogP contribution is 2.66. The molecule has 0 bridgehead atoms. The molecule has 0 saturated heterocycles. The SMILES string of the molecule is CC(C)CCC[C@@H](C)[C@H]1CC(=O)[C@H]2[C@@H]3CC=C4C[C@H](O)CC[C@]4(C)[C@H]3CC[C@]12C. The molecule has 0 aliphatic heterocycles. The summed E-state index contributed by atoms with van der Waals surface area (Å²) < 4.78 is 0. The normalized spacial score (nSPS) is 45.4. The highest BCUT2D eigenvalue weighted by Gasteiger charge is 2.62. The zero-order valence-electron chi connectivity index (χ0n) is 19.5. The minimum absolute atomic E-state index is 0.149. The van der Waals surface area contributed by atoms with Crippen LogP contribution in [-0.2, 0) is 4.79 Å². The van der Waals surface area contributed by atoms with Crippen LogP contribution in [-0.4, -0.2) is 17.0 Å². The van der Waals surface area contributed by atoms with Crippen LogP contribution in [0.15, 0.2) is 11.6 Å². The van der Waals surface area contributed by atoms with Gasteiger partial charge >= 0.3 is 0 Å². The Labute approximate surface area is 178 Å². The number of allylic oxidation sites excluding steroid dienone is 1. The number of rotatable bonds is 5. The minimum atomic E-state index is -0.149. The second kappa shape index (κ2) is 7.81. The van der Waals surface area contributed by atoms with Gasteiger partial charge in [-0.05, 0) is 78.9 Å². The molecule has 0 radical (unpaired) electrons. The van der Waals surface area contributed by atoms with Gasteiger partial charge in [0.05, 0.1) is 6.10 Å². The van der Waals surface area contributed by atoms with Crippen molar-refractivity contribution in [3.8, 4) is 0 Å². The second-order valence-electron chi connectivity index (χ2n) is 12.2. The van der Waals surface area contributed by atoms with E-state index >= 15 is 0 Å². The first kappa shape index (κ1) is 21.6. The molecule has 1 N–H and O–H groups in total. The third-order valence-electron chi connectivity index (χ3n) is 10.0. The summed E-state index contributed by atoms with van der Waals surface area (Å²) in [4.78, 5) is 13.4. The number of fused-ring (bicyclic) bond motifs is 5. The quantitative estimate of drug-likeness (QED) is 0.530. The number of aliphatic hydroxyl groups excluding tert-OH is 1. The molecule has 0 spiro atoms. The van der Waals surface area contributed by atoms with Gasteiger partial charge in [-0.15, -0.1) is 0 Å². The van der Waals surface area contributed by atoms with E-state index in [1.54, 1.807) is 0 Å². The molecule has 29 heavy (non-hydrogen) atoms. The van der Waals surface area contributed by atoms with E-state index in [9.17, 15) is 9.90 Å². The number of aliphatic hydroxyl groups is 1. The van der Waals surface area contributed by atoms with Crippen molar-refractivity contribution >= 4 is 5.78 Å². The standard InChI is InChI=1S/C27H44O2/c1-17(2)7-6-8-18(3)23-16-24(29)25-21-10-9-19-15-20(28)11-13-26(19,4)22(21)12-14-27(23,25)5/h9,17-18,20-23,25,28H,6-8,10-16H2,1-5H3/t18-,20-,21-,22+,23-,25-,26+,27-/m1/s1. The van der Waals surface area contributed by atoms with E-state index < -0.39 is 0 Å². The maximum absolute atomic E-state index is 13.4. The summed E-state index contributed by atoms with van der Waals surface area (Å²) >= 11 is 0. The Hall–Kier alpha value is -0.630. The summed E-state index contributed by atoms with van der Waals surface area (Å²) in [7, 11) is 0. The number of hydrogen-bond donors (Lipinski definition) is 1. The monoisotopic (exact) mass is 400 g/mol. The molecule has 4 rings (SSSR count). The van der Waals surface area contributed by atoms with Crippen molar-refractivity contribution in [1.29, 1.82) is 0 Å². The lowest BCUT2D eigenvalue weighted by Crippen LogP contribution is -2.52. The molecule has 0 aromatic heterocycles. The summed E-state index contributed by atoms with van der Waals surface area (Å²) in [6, 6.07) is 0. The Bertz CT molecular complexity index is 663. The van der Waals surface area contributed by atoms with Crippen LogP contribution < -0.4 is 0 Å². The van der Waals surface area contributed by atoms with Crippen molar-refractivity contribution in [2.45, 2.75) is 105 Å². The fourth-order valence-corrected chi connectivity index (χ4v) is 8.38. The lowest BCUT2D eigenvalue weighted by Gasteiger charge is -2.57. The Morgan fingerprint density at radius 1 is 1.10 bits per heavy atom. The molecule has 3 saturated carbocycles. The summed E-state index contributed by atoms with van der Waals surface area (Å²) in [6.07, 6.45) is 13.5. The molecule has 0 aromatic carbocycles. The molecule has 4 aliphatic carbocycles. The third-order valence-corrected chi connectivity index (χ3v) is 10.0. The van der Waals surface area contributed by atoms with Gasteiger partial charge in [0.15, 0.2) is 0 Å². The average molecular weight is 401 g/mol. The van der Waals surface area contributed by atoms with Crippen LogP contribution in [0.3, 0.4) is 0 Å². The molecule has 2 heteroatoms. The molecule has 164 valence electrons. The maximum atomic E-state index is 13.4. The smallest absolute Gasteiger partial charge is 0.137 e. The number of carbonyl (C=O) groups excluding carboxylic acids is 1. The summed E-state index contributed by atoms with van der Waals surface area (Å²) in [5, 5.41) is 10.2. The van der Waals surface area contributed by atoms with Crippen molar-refractivity contribution in [1.82, 2.24) is 0 Å². The van der Waals surface area contributed by atoms with Gasteiger partial charge in [0.2, 0.25) is 0 Å².